The molecule has 0 amide bonds. The van der Waals surface area contributed by atoms with Crippen molar-refractivity contribution in [3.05, 3.63) is 70.3 Å². The first-order valence-electron chi connectivity index (χ1n) is 7.24. The van der Waals surface area contributed by atoms with E-state index in [9.17, 15) is 10.1 Å². The Morgan fingerprint density at radius 3 is 2.55 bits per heavy atom. The molecule has 0 heterocycles. The second kappa shape index (κ2) is 7.41. The van der Waals surface area contributed by atoms with Gasteiger partial charge < -0.3 is 4.74 Å². The van der Waals surface area contributed by atoms with Gasteiger partial charge in [-0.3, -0.25) is 10.1 Å². The first-order valence-corrected chi connectivity index (χ1v) is 7.24. The van der Waals surface area contributed by atoms with Gasteiger partial charge in [0.2, 0.25) is 0 Å². The molecule has 0 aliphatic heterocycles. The molecule has 0 aromatic heterocycles. The summed E-state index contributed by atoms with van der Waals surface area (Å²) < 4.78 is 5.84. The Hall–Kier alpha value is -2.62. The molecule has 22 heavy (non-hydrogen) atoms. The van der Waals surface area contributed by atoms with Gasteiger partial charge in [0, 0.05) is 17.9 Å². The fraction of sp³-hybridized carbons (Fsp3) is 0.222. The topological polar surface area (TPSA) is 52.4 Å². The zero-order valence-corrected chi connectivity index (χ0v) is 12.8. The molecule has 0 spiro atoms. The number of ether oxygens (including phenoxy) is 1. The van der Waals surface area contributed by atoms with E-state index in [1.807, 2.05) is 32.1 Å². The Morgan fingerprint density at radius 2 is 1.91 bits per heavy atom. The van der Waals surface area contributed by atoms with Crippen LogP contribution in [-0.2, 0) is 0 Å². The number of hydrogen-bond acceptors (Lipinski definition) is 3. The molecule has 0 N–H and O–H groups in total. The van der Waals surface area contributed by atoms with Gasteiger partial charge in [-0.25, -0.2) is 0 Å². The highest BCUT2D eigenvalue weighted by Crippen LogP contribution is 2.32. The molecule has 114 valence electrons. The minimum Gasteiger partial charge on any atom is -0.493 e. The van der Waals surface area contributed by atoms with Crippen LogP contribution in [0.2, 0.25) is 0 Å². The summed E-state index contributed by atoms with van der Waals surface area (Å²) in [5.41, 5.74) is 1.31. The molecule has 0 saturated heterocycles. The molecule has 2 rings (SSSR count). The van der Waals surface area contributed by atoms with Crippen molar-refractivity contribution in [2.24, 2.45) is 0 Å². The van der Waals surface area contributed by atoms with Crippen LogP contribution in [-0.4, -0.2) is 11.5 Å². The summed E-state index contributed by atoms with van der Waals surface area (Å²) in [5.74, 6) is 0.678. The average molecular weight is 297 g/mol. The molecular formula is C18H19NO3. The van der Waals surface area contributed by atoms with Crippen molar-refractivity contribution in [3.8, 4) is 5.75 Å². The van der Waals surface area contributed by atoms with Crippen LogP contribution in [0.15, 0.2) is 60.2 Å². The number of allylic oxidation sites excluding steroid dienone is 3. The standard InChI is InChI=1S/C18H19NO3/c1-3-7-14(4-2)12-13-22-18-11-10-17(19(20)21)15-8-5-6-9-16(15)18/h3-11H,12-13H2,1-2H3/b7-3-,14-4+. The van der Waals surface area contributed by atoms with Crippen molar-refractivity contribution in [3.63, 3.8) is 0 Å². The van der Waals surface area contributed by atoms with Crippen molar-refractivity contribution >= 4 is 16.5 Å². The third-order valence-corrected chi connectivity index (χ3v) is 3.46. The zero-order chi connectivity index (χ0) is 15.9. The van der Waals surface area contributed by atoms with Crippen molar-refractivity contribution in [1.82, 2.24) is 0 Å². The van der Waals surface area contributed by atoms with Gasteiger partial charge in [-0.05, 0) is 31.6 Å². The molecule has 4 heteroatoms. The summed E-state index contributed by atoms with van der Waals surface area (Å²) in [5, 5.41) is 12.5. The van der Waals surface area contributed by atoms with Crippen LogP contribution < -0.4 is 4.74 Å². The Bertz CT molecular complexity index is 732. The number of non-ortho nitro benzene ring substituents is 1. The van der Waals surface area contributed by atoms with Crippen LogP contribution in [0.3, 0.4) is 0 Å². The minimum atomic E-state index is -0.365. The SMILES string of the molecule is C/C=C\C(=C/C)CCOc1ccc([N+](=O)[O-])c2ccccc12. The fourth-order valence-electron chi connectivity index (χ4n) is 2.36. The van der Waals surface area contributed by atoms with E-state index in [4.69, 9.17) is 4.74 Å². The molecule has 0 fully saturated rings. The van der Waals surface area contributed by atoms with Crippen molar-refractivity contribution in [2.75, 3.05) is 6.61 Å². The van der Waals surface area contributed by atoms with E-state index in [1.165, 1.54) is 11.6 Å². The van der Waals surface area contributed by atoms with Gasteiger partial charge in [0.05, 0.1) is 16.9 Å². The van der Waals surface area contributed by atoms with Crippen molar-refractivity contribution in [1.29, 1.82) is 0 Å². The summed E-state index contributed by atoms with van der Waals surface area (Å²) in [6, 6.07) is 10.4. The van der Waals surface area contributed by atoms with Crippen LogP contribution in [0.4, 0.5) is 5.69 Å². The molecular weight excluding hydrogens is 278 g/mol. The average Bonchev–Trinajstić information content (AvgIpc) is 2.53. The van der Waals surface area contributed by atoms with Gasteiger partial charge in [-0.2, -0.15) is 0 Å². The maximum atomic E-state index is 11.1. The molecule has 0 unspecified atom stereocenters. The second-order valence-corrected chi connectivity index (χ2v) is 4.85. The monoisotopic (exact) mass is 297 g/mol. The molecule has 0 atom stereocenters. The molecule has 2 aromatic carbocycles. The highest BCUT2D eigenvalue weighted by molar-refractivity contribution is 5.95. The van der Waals surface area contributed by atoms with Crippen LogP contribution in [0.5, 0.6) is 5.75 Å². The lowest BCUT2D eigenvalue weighted by molar-refractivity contribution is -0.383. The molecule has 4 nitrogen and oxygen atoms in total. The molecule has 2 aromatic rings. The van der Waals surface area contributed by atoms with E-state index >= 15 is 0 Å². The second-order valence-electron chi connectivity index (χ2n) is 4.85. The third-order valence-electron chi connectivity index (χ3n) is 3.46. The van der Waals surface area contributed by atoms with Gasteiger partial charge in [-0.15, -0.1) is 0 Å². The van der Waals surface area contributed by atoms with Crippen LogP contribution >= 0.6 is 0 Å². The lowest BCUT2D eigenvalue weighted by atomic mass is 10.1. The van der Waals surface area contributed by atoms with Crippen LogP contribution in [0.25, 0.3) is 10.8 Å². The van der Waals surface area contributed by atoms with E-state index in [2.05, 4.69) is 12.2 Å². The highest BCUT2D eigenvalue weighted by atomic mass is 16.6. The summed E-state index contributed by atoms with van der Waals surface area (Å²) >= 11 is 0. The predicted molar refractivity (Wildman–Crippen MR) is 89.3 cm³/mol. The van der Waals surface area contributed by atoms with E-state index < -0.39 is 0 Å². The molecule has 0 radical (unpaired) electrons. The fourth-order valence-corrected chi connectivity index (χ4v) is 2.36. The molecule has 0 aliphatic rings. The van der Waals surface area contributed by atoms with Crippen LogP contribution in [0.1, 0.15) is 20.3 Å². The quantitative estimate of drug-likeness (QED) is 0.426. The molecule has 0 aliphatic carbocycles. The number of rotatable bonds is 6. The number of benzene rings is 2. The largest absolute Gasteiger partial charge is 0.493 e. The maximum Gasteiger partial charge on any atom is 0.277 e. The summed E-state index contributed by atoms with van der Waals surface area (Å²) in [6.45, 7) is 4.51. The maximum absolute atomic E-state index is 11.1. The Kier molecular flexibility index (Phi) is 5.31. The third kappa shape index (κ3) is 3.52. The number of fused-ring (bicyclic) bond motifs is 1. The van der Waals surface area contributed by atoms with Gasteiger partial charge in [0.15, 0.2) is 0 Å². The zero-order valence-electron chi connectivity index (χ0n) is 12.8. The normalized spacial score (nSPS) is 12.0. The number of hydrogen-bond donors (Lipinski definition) is 0. The first-order chi connectivity index (χ1) is 10.7. The Labute approximate surface area is 129 Å². The minimum absolute atomic E-state index is 0.103. The van der Waals surface area contributed by atoms with E-state index in [0.717, 1.165) is 11.8 Å². The number of nitro groups is 1. The van der Waals surface area contributed by atoms with Gasteiger partial charge >= 0.3 is 0 Å². The summed E-state index contributed by atoms with van der Waals surface area (Å²) in [4.78, 5) is 10.7. The first kappa shape index (κ1) is 15.8. The predicted octanol–water partition coefficient (Wildman–Crippen LogP) is 5.04. The van der Waals surface area contributed by atoms with Crippen molar-refractivity contribution < 1.29 is 9.66 Å². The van der Waals surface area contributed by atoms with E-state index in [1.54, 1.807) is 18.2 Å². The van der Waals surface area contributed by atoms with Crippen molar-refractivity contribution in [2.45, 2.75) is 20.3 Å². The van der Waals surface area contributed by atoms with Crippen LogP contribution in [0, 0.1) is 10.1 Å². The Balaban J connectivity index is 2.22. The molecule has 0 saturated carbocycles. The summed E-state index contributed by atoms with van der Waals surface area (Å²) in [6.07, 6.45) is 6.90. The number of nitrogens with zero attached hydrogens (tertiary/aromatic N) is 1. The highest BCUT2D eigenvalue weighted by Gasteiger charge is 2.14. The van der Waals surface area contributed by atoms with Gasteiger partial charge in [0.1, 0.15) is 5.75 Å². The van der Waals surface area contributed by atoms with E-state index in [0.29, 0.717) is 17.7 Å². The molecule has 0 bridgehead atoms. The Morgan fingerprint density at radius 1 is 1.18 bits per heavy atom. The number of nitro benzene ring substituents is 1. The van der Waals surface area contributed by atoms with Gasteiger partial charge in [-0.1, -0.05) is 36.4 Å². The van der Waals surface area contributed by atoms with E-state index in [-0.39, 0.29) is 10.6 Å². The lowest BCUT2D eigenvalue weighted by Crippen LogP contribution is -2.00. The lowest BCUT2D eigenvalue weighted by Gasteiger charge is -2.10. The summed E-state index contributed by atoms with van der Waals surface area (Å²) in [7, 11) is 0. The van der Waals surface area contributed by atoms with Gasteiger partial charge in [0.25, 0.3) is 5.69 Å². The smallest absolute Gasteiger partial charge is 0.277 e.